The molecule has 0 bridgehead atoms. The Kier molecular flexibility index (Phi) is 5.58. The SMILES string of the molecule is CCCC1CCCN(c2ncc(CNC)cn2)CC1. The van der Waals surface area contributed by atoms with Crippen LogP contribution in [-0.4, -0.2) is 30.1 Å². The Bertz CT molecular complexity index is 363. The molecule has 0 spiro atoms. The number of rotatable bonds is 5. The first-order chi connectivity index (χ1) is 9.33. The quantitative estimate of drug-likeness (QED) is 0.885. The summed E-state index contributed by atoms with van der Waals surface area (Å²) in [6, 6.07) is 0. The van der Waals surface area contributed by atoms with Crippen LogP contribution in [0.4, 0.5) is 5.95 Å². The topological polar surface area (TPSA) is 41.1 Å². The summed E-state index contributed by atoms with van der Waals surface area (Å²) in [6.45, 7) is 5.33. The lowest BCUT2D eigenvalue weighted by Crippen LogP contribution is -2.26. The van der Waals surface area contributed by atoms with Gasteiger partial charge in [0.05, 0.1) is 0 Å². The Balaban J connectivity index is 1.93. The molecule has 1 aromatic heterocycles. The summed E-state index contributed by atoms with van der Waals surface area (Å²) in [5, 5.41) is 3.12. The van der Waals surface area contributed by atoms with E-state index >= 15 is 0 Å². The van der Waals surface area contributed by atoms with E-state index in [1.165, 1.54) is 32.1 Å². The highest BCUT2D eigenvalue weighted by Crippen LogP contribution is 2.23. The van der Waals surface area contributed by atoms with Gasteiger partial charge in [-0.25, -0.2) is 9.97 Å². The maximum Gasteiger partial charge on any atom is 0.225 e. The van der Waals surface area contributed by atoms with Crippen LogP contribution in [0.3, 0.4) is 0 Å². The van der Waals surface area contributed by atoms with Gasteiger partial charge in [0.25, 0.3) is 0 Å². The average Bonchev–Trinajstić information content (AvgIpc) is 2.66. The molecule has 0 aromatic carbocycles. The van der Waals surface area contributed by atoms with Crippen molar-refractivity contribution < 1.29 is 0 Å². The molecule has 2 rings (SSSR count). The molecule has 0 aliphatic carbocycles. The number of anilines is 1. The highest BCUT2D eigenvalue weighted by Gasteiger charge is 2.17. The molecule has 1 aromatic rings. The van der Waals surface area contributed by atoms with E-state index in [9.17, 15) is 0 Å². The Morgan fingerprint density at radius 1 is 1.26 bits per heavy atom. The van der Waals surface area contributed by atoms with Gasteiger partial charge in [-0.15, -0.1) is 0 Å². The number of nitrogens with one attached hydrogen (secondary N) is 1. The minimum absolute atomic E-state index is 0.832. The van der Waals surface area contributed by atoms with Crippen LogP contribution < -0.4 is 10.2 Å². The van der Waals surface area contributed by atoms with Gasteiger partial charge in [-0.3, -0.25) is 0 Å². The zero-order valence-electron chi connectivity index (χ0n) is 12.2. The second kappa shape index (κ2) is 7.43. The molecule has 2 heterocycles. The summed E-state index contributed by atoms with van der Waals surface area (Å²) in [7, 11) is 1.94. The molecule has 0 saturated carbocycles. The first-order valence-electron chi connectivity index (χ1n) is 7.54. The Morgan fingerprint density at radius 2 is 2.05 bits per heavy atom. The van der Waals surface area contributed by atoms with E-state index in [0.717, 1.165) is 37.1 Å². The smallest absolute Gasteiger partial charge is 0.225 e. The fourth-order valence-corrected chi connectivity index (χ4v) is 2.87. The van der Waals surface area contributed by atoms with E-state index in [2.05, 4.69) is 27.1 Å². The molecule has 1 unspecified atom stereocenters. The summed E-state index contributed by atoms with van der Waals surface area (Å²) in [5.41, 5.74) is 1.14. The van der Waals surface area contributed by atoms with E-state index in [1.807, 2.05) is 19.4 Å². The minimum atomic E-state index is 0.832. The van der Waals surface area contributed by atoms with Gasteiger partial charge >= 0.3 is 0 Å². The van der Waals surface area contributed by atoms with E-state index < -0.39 is 0 Å². The molecular weight excluding hydrogens is 236 g/mol. The van der Waals surface area contributed by atoms with Gasteiger partial charge in [-0.1, -0.05) is 19.8 Å². The first kappa shape index (κ1) is 14.3. The Hall–Kier alpha value is -1.16. The third-order valence-corrected chi connectivity index (χ3v) is 3.90. The third-order valence-electron chi connectivity index (χ3n) is 3.90. The Labute approximate surface area is 116 Å². The second-order valence-corrected chi connectivity index (χ2v) is 5.49. The summed E-state index contributed by atoms with van der Waals surface area (Å²) in [5.74, 6) is 1.80. The van der Waals surface area contributed by atoms with Gasteiger partial charge in [-0.2, -0.15) is 0 Å². The summed E-state index contributed by atoms with van der Waals surface area (Å²) < 4.78 is 0. The molecule has 106 valence electrons. The van der Waals surface area contributed by atoms with Crippen molar-refractivity contribution in [2.24, 2.45) is 5.92 Å². The summed E-state index contributed by atoms with van der Waals surface area (Å²) in [4.78, 5) is 11.4. The van der Waals surface area contributed by atoms with Crippen molar-refractivity contribution in [2.45, 2.75) is 45.6 Å². The number of hydrogen-bond donors (Lipinski definition) is 1. The third kappa shape index (κ3) is 4.16. The Morgan fingerprint density at radius 3 is 2.74 bits per heavy atom. The van der Waals surface area contributed by atoms with Crippen LogP contribution >= 0.6 is 0 Å². The van der Waals surface area contributed by atoms with Crippen molar-refractivity contribution in [1.82, 2.24) is 15.3 Å². The van der Waals surface area contributed by atoms with Crippen LogP contribution in [0.1, 0.15) is 44.6 Å². The minimum Gasteiger partial charge on any atom is -0.341 e. The lowest BCUT2D eigenvalue weighted by Gasteiger charge is -2.20. The van der Waals surface area contributed by atoms with Crippen LogP contribution in [0.2, 0.25) is 0 Å². The number of hydrogen-bond acceptors (Lipinski definition) is 4. The standard InChI is InChI=1S/C15H26N4/c1-3-5-13-6-4-8-19(9-7-13)15-17-11-14(10-16-2)12-18-15/h11-13,16H,3-10H2,1-2H3. The second-order valence-electron chi connectivity index (χ2n) is 5.49. The molecule has 1 atom stereocenters. The van der Waals surface area contributed by atoms with E-state index in [-0.39, 0.29) is 0 Å². The molecule has 1 fully saturated rings. The fraction of sp³-hybridized carbons (Fsp3) is 0.733. The predicted molar refractivity (Wildman–Crippen MR) is 79.3 cm³/mol. The molecule has 1 saturated heterocycles. The van der Waals surface area contributed by atoms with Crippen LogP contribution in [0.15, 0.2) is 12.4 Å². The predicted octanol–water partition coefficient (Wildman–Crippen LogP) is 2.60. The van der Waals surface area contributed by atoms with Crippen LogP contribution in [0, 0.1) is 5.92 Å². The highest BCUT2D eigenvalue weighted by atomic mass is 15.2. The molecule has 1 aliphatic heterocycles. The van der Waals surface area contributed by atoms with Gasteiger partial charge in [0.15, 0.2) is 0 Å². The van der Waals surface area contributed by atoms with E-state index in [1.54, 1.807) is 0 Å². The largest absolute Gasteiger partial charge is 0.341 e. The van der Waals surface area contributed by atoms with Crippen molar-refractivity contribution in [3.8, 4) is 0 Å². The molecule has 19 heavy (non-hydrogen) atoms. The normalized spacial score (nSPS) is 20.3. The molecule has 0 radical (unpaired) electrons. The zero-order chi connectivity index (χ0) is 13.5. The van der Waals surface area contributed by atoms with Gasteiger partial charge in [0.1, 0.15) is 0 Å². The maximum absolute atomic E-state index is 4.51. The lowest BCUT2D eigenvalue weighted by molar-refractivity contribution is 0.435. The maximum atomic E-state index is 4.51. The summed E-state index contributed by atoms with van der Waals surface area (Å²) in [6.07, 6.45) is 10.5. The molecule has 4 nitrogen and oxygen atoms in total. The zero-order valence-corrected chi connectivity index (χ0v) is 12.2. The molecular formula is C15H26N4. The lowest BCUT2D eigenvalue weighted by atomic mass is 9.96. The van der Waals surface area contributed by atoms with Crippen molar-refractivity contribution >= 4 is 5.95 Å². The average molecular weight is 262 g/mol. The van der Waals surface area contributed by atoms with Crippen molar-refractivity contribution in [3.05, 3.63) is 18.0 Å². The molecule has 4 heteroatoms. The van der Waals surface area contributed by atoms with Crippen LogP contribution in [-0.2, 0) is 6.54 Å². The molecule has 0 amide bonds. The van der Waals surface area contributed by atoms with Gasteiger partial charge in [0.2, 0.25) is 5.95 Å². The fourth-order valence-electron chi connectivity index (χ4n) is 2.87. The number of aromatic nitrogens is 2. The first-order valence-corrected chi connectivity index (χ1v) is 7.54. The monoisotopic (exact) mass is 262 g/mol. The molecule has 1 N–H and O–H groups in total. The van der Waals surface area contributed by atoms with Gasteiger partial charge in [0, 0.05) is 37.6 Å². The van der Waals surface area contributed by atoms with Gasteiger partial charge in [-0.05, 0) is 32.2 Å². The van der Waals surface area contributed by atoms with E-state index in [4.69, 9.17) is 0 Å². The van der Waals surface area contributed by atoms with Crippen LogP contribution in [0.25, 0.3) is 0 Å². The molecule has 1 aliphatic rings. The highest BCUT2D eigenvalue weighted by molar-refractivity contribution is 5.30. The van der Waals surface area contributed by atoms with E-state index in [0.29, 0.717) is 0 Å². The van der Waals surface area contributed by atoms with Crippen molar-refractivity contribution in [1.29, 1.82) is 0 Å². The van der Waals surface area contributed by atoms with Gasteiger partial charge < -0.3 is 10.2 Å². The van der Waals surface area contributed by atoms with Crippen molar-refractivity contribution in [2.75, 3.05) is 25.0 Å². The number of nitrogens with zero attached hydrogens (tertiary/aromatic N) is 3. The van der Waals surface area contributed by atoms with Crippen LogP contribution in [0.5, 0.6) is 0 Å². The summed E-state index contributed by atoms with van der Waals surface area (Å²) >= 11 is 0. The van der Waals surface area contributed by atoms with Crippen molar-refractivity contribution in [3.63, 3.8) is 0 Å².